The van der Waals surface area contributed by atoms with Crippen LogP contribution in [0.3, 0.4) is 0 Å². The average molecular weight is 424 g/mol. The Morgan fingerprint density at radius 2 is 1.31 bits per heavy atom. The third-order valence-electron chi connectivity index (χ3n) is 6.42. The van der Waals surface area contributed by atoms with Crippen LogP contribution < -0.4 is 4.57 Å². The number of rotatable bonds is 5. The van der Waals surface area contributed by atoms with Crippen LogP contribution in [0, 0.1) is 13.8 Å². The summed E-state index contributed by atoms with van der Waals surface area (Å²) in [5.74, 6) is 0.816. The van der Waals surface area contributed by atoms with E-state index in [1.54, 1.807) is 0 Å². The Balaban J connectivity index is 2.08. The van der Waals surface area contributed by atoms with Crippen LogP contribution in [0.2, 0.25) is 0 Å². The zero-order valence-electron chi connectivity index (χ0n) is 20.5. The first-order chi connectivity index (χ1) is 15.3. The highest BCUT2D eigenvalue weighted by Gasteiger charge is 2.25. The first-order valence-electron chi connectivity index (χ1n) is 11.7. The summed E-state index contributed by atoms with van der Waals surface area (Å²) < 4.78 is 4.73. The van der Waals surface area contributed by atoms with Gasteiger partial charge in [0, 0.05) is 17.8 Å². The molecule has 2 aromatic heterocycles. The van der Waals surface area contributed by atoms with Crippen LogP contribution >= 0.6 is 0 Å². The van der Waals surface area contributed by atoms with Crippen molar-refractivity contribution < 1.29 is 4.57 Å². The van der Waals surface area contributed by atoms with Crippen molar-refractivity contribution in [3.8, 4) is 28.2 Å². The van der Waals surface area contributed by atoms with Crippen molar-refractivity contribution in [1.29, 1.82) is 0 Å². The van der Waals surface area contributed by atoms with E-state index in [1.807, 2.05) is 0 Å². The van der Waals surface area contributed by atoms with Gasteiger partial charge in [0.15, 0.2) is 6.20 Å². The summed E-state index contributed by atoms with van der Waals surface area (Å²) in [5.41, 5.74) is 11.8. The van der Waals surface area contributed by atoms with Gasteiger partial charge in [0.2, 0.25) is 5.69 Å². The summed E-state index contributed by atoms with van der Waals surface area (Å²) in [5, 5.41) is 0. The molecule has 0 fully saturated rings. The molecule has 0 saturated carbocycles. The SMILES string of the molecule is Cc1cc(C)n(-c2c(C(C)C)cc(-c3ccccc3)cc2C(C)C)c1-c1cccc[n+]1C. The van der Waals surface area contributed by atoms with E-state index in [9.17, 15) is 0 Å². The predicted octanol–water partition coefficient (Wildman–Crippen LogP) is 7.50. The summed E-state index contributed by atoms with van der Waals surface area (Å²) in [7, 11) is 2.13. The number of pyridine rings is 1. The lowest BCUT2D eigenvalue weighted by atomic mass is 9.88. The van der Waals surface area contributed by atoms with E-state index in [0.717, 1.165) is 0 Å². The third kappa shape index (κ3) is 3.90. The number of aromatic nitrogens is 2. The molecule has 0 aliphatic carbocycles. The highest BCUT2D eigenvalue weighted by molar-refractivity contribution is 5.72. The Morgan fingerprint density at radius 1 is 0.719 bits per heavy atom. The summed E-state index contributed by atoms with van der Waals surface area (Å²) in [6.07, 6.45) is 2.13. The molecule has 4 rings (SSSR count). The Hall–Kier alpha value is -3.13. The van der Waals surface area contributed by atoms with E-state index in [4.69, 9.17) is 0 Å². The number of nitrogens with zero attached hydrogens (tertiary/aromatic N) is 2. The zero-order valence-corrected chi connectivity index (χ0v) is 20.5. The molecule has 0 atom stereocenters. The fourth-order valence-corrected chi connectivity index (χ4v) is 4.79. The van der Waals surface area contributed by atoms with Crippen molar-refractivity contribution >= 4 is 0 Å². The maximum absolute atomic E-state index is 2.50. The fraction of sp³-hybridized carbons (Fsp3) is 0.300. The van der Waals surface area contributed by atoms with E-state index >= 15 is 0 Å². The first-order valence-corrected chi connectivity index (χ1v) is 11.7. The van der Waals surface area contributed by atoms with Gasteiger partial charge in [-0.05, 0) is 77.8 Å². The van der Waals surface area contributed by atoms with Gasteiger partial charge in [0.05, 0.1) is 5.69 Å². The summed E-state index contributed by atoms with van der Waals surface area (Å²) in [6.45, 7) is 13.7. The van der Waals surface area contributed by atoms with E-state index in [1.165, 1.54) is 50.6 Å². The topological polar surface area (TPSA) is 8.81 Å². The van der Waals surface area contributed by atoms with Crippen LogP contribution in [0.4, 0.5) is 0 Å². The van der Waals surface area contributed by atoms with E-state index in [2.05, 4.69) is 131 Å². The molecule has 0 N–H and O–H groups in total. The van der Waals surface area contributed by atoms with Gasteiger partial charge < -0.3 is 4.57 Å². The molecule has 0 radical (unpaired) electrons. The molecule has 0 bridgehead atoms. The molecule has 2 aromatic carbocycles. The Morgan fingerprint density at radius 3 is 1.88 bits per heavy atom. The quantitative estimate of drug-likeness (QED) is 0.294. The normalized spacial score (nSPS) is 11.5. The van der Waals surface area contributed by atoms with Gasteiger partial charge in [-0.2, -0.15) is 4.57 Å². The monoisotopic (exact) mass is 423 g/mol. The molecule has 164 valence electrons. The van der Waals surface area contributed by atoms with Crippen molar-refractivity contribution in [3.05, 3.63) is 95.3 Å². The standard InChI is InChI=1S/C30H35N2/c1-20(2)26-18-25(24-13-9-8-10-14-24)19-27(21(3)4)30(26)32-23(6)17-22(5)29(32)28-15-11-12-16-31(28)7/h8-21H,1-7H3/q+1. The predicted molar refractivity (Wildman–Crippen MR) is 135 cm³/mol. The van der Waals surface area contributed by atoms with Crippen LogP contribution in [-0.4, -0.2) is 4.57 Å². The summed E-state index contributed by atoms with van der Waals surface area (Å²) >= 11 is 0. The van der Waals surface area contributed by atoms with Crippen LogP contribution in [-0.2, 0) is 7.05 Å². The van der Waals surface area contributed by atoms with Gasteiger partial charge in [-0.15, -0.1) is 0 Å². The van der Waals surface area contributed by atoms with Gasteiger partial charge in [-0.1, -0.05) is 58.0 Å². The van der Waals surface area contributed by atoms with E-state index in [-0.39, 0.29) is 0 Å². The maximum Gasteiger partial charge on any atom is 0.229 e. The van der Waals surface area contributed by atoms with Crippen molar-refractivity contribution in [2.45, 2.75) is 53.4 Å². The lowest BCUT2D eigenvalue weighted by Crippen LogP contribution is -2.31. The zero-order chi connectivity index (χ0) is 23.0. The Kier molecular flexibility index (Phi) is 6.06. The van der Waals surface area contributed by atoms with Crippen LogP contribution in [0.5, 0.6) is 0 Å². The molecule has 2 heterocycles. The minimum Gasteiger partial charge on any atom is -0.308 e. The highest BCUT2D eigenvalue weighted by atomic mass is 15.0. The number of benzene rings is 2. The van der Waals surface area contributed by atoms with Gasteiger partial charge in [-0.3, -0.25) is 0 Å². The largest absolute Gasteiger partial charge is 0.308 e. The summed E-state index contributed by atoms with van der Waals surface area (Å²) in [4.78, 5) is 0. The van der Waals surface area contributed by atoms with E-state index < -0.39 is 0 Å². The average Bonchev–Trinajstić information content (AvgIpc) is 3.06. The maximum atomic E-state index is 2.50. The smallest absolute Gasteiger partial charge is 0.229 e. The van der Waals surface area contributed by atoms with Crippen molar-refractivity contribution in [3.63, 3.8) is 0 Å². The van der Waals surface area contributed by atoms with Gasteiger partial charge in [0.25, 0.3) is 0 Å². The fourth-order valence-electron chi connectivity index (χ4n) is 4.79. The third-order valence-corrected chi connectivity index (χ3v) is 6.42. The highest BCUT2D eigenvalue weighted by Crippen LogP contribution is 2.39. The van der Waals surface area contributed by atoms with Crippen LogP contribution in [0.1, 0.15) is 61.9 Å². The molecular formula is C30H35N2+. The minimum atomic E-state index is 0.408. The molecular weight excluding hydrogens is 388 g/mol. The summed E-state index contributed by atoms with van der Waals surface area (Å²) in [6, 6.07) is 24.3. The van der Waals surface area contributed by atoms with Crippen LogP contribution in [0.15, 0.2) is 72.9 Å². The molecule has 0 amide bonds. The van der Waals surface area contributed by atoms with Crippen LogP contribution in [0.25, 0.3) is 28.2 Å². The Bertz CT molecular complexity index is 1210. The lowest BCUT2D eigenvalue weighted by Gasteiger charge is -2.25. The van der Waals surface area contributed by atoms with E-state index in [0.29, 0.717) is 11.8 Å². The Labute approximate surface area is 193 Å². The van der Waals surface area contributed by atoms with Crippen molar-refractivity contribution in [2.75, 3.05) is 0 Å². The molecule has 2 nitrogen and oxygen atoms in total. The molecule has 0 aliphatic heterocycles. The van der Waals surface area contributed by atoms with Gasteiger partial charge >= 0.3 is 0 Å². The van der Waals surface area contributed by atoms with Gasteiger partial charge in [0.1, 0.15) is 12.7 Å². The molecule has 0 spiro atoms. The molecule has 4 aromatic rings. The second kappa shape index (κ2) is 8.78. The number of hydrogen-bond acceptors (Lipinski definition) is 0. The molecule has 2 heteroatoms. The van der Waals surface area contributed by atoms with Crippen molar-refractivity contribution in [1.82, 2.24) is 4.57 Å². The van der Waals surface area contributed by atoms with Crippen molar-refractivity contribution in [2.24, 2.45) is 7.05 Å². The lowest BCUT2D eigenvalue weighted by molar-refractivity contribution is -0.660. The minimum absolute atomic E-state index is 0.408. The molecule has 0 unspecified atom stereocenters. The molecule has 0 aliphatic rings. The molecule has 32 heavy (non-hydrogen) atoms. The number of hydrogen-bond donors (Lipinski definition) is 0. The second-order valence-corrected chi connectivity index (χ2v) is 9.53. The molecule has 0 saturated heterocycles. The second-order valence-electron chi connectivity index (χ2n) is 9.53. The van der Waals surface area contributed by atoms with Gasteiger partial charge in [-0.25, -0.2) is 0 Å². The first kappa shape index (κ1) is 22.1. The number of aryl methyl sites for hydroxylation is 3.